The molecule has 4 rings (SSSR count). The highest BCUT2D eigenvalue weighted by molar-refractivity contribution is 5.89. The smallest absolute Gasteiger partial charge is 0.244 e. The number of furan rings is 1. The summed E-state index contributed by atoms with van der Waals surface area (Å²) in [5.41, 5.74) is 3.19. The van der Waals surface area contributed by atoms with E-state index in [1.807, 2.05) is 75.4 Å². The Hall–Kier alpha value is -3.38. The number of carbonyl (C=O) groups is 2. The predicted octanol–water partition coefficient (Wildman–Crippen LogP) is 4.32. The number of benzene rings is 2. The van der Waals surface area contributed by atoms with Crippen molar-refractivity contribution in [3.63, 3.8) is 0 Å². The van der Waals surface area contributed by atoms with E-state index in [1.54, 1.807) is 11.2 Å². The van der Waals surface area contributed by atoms with Gasteiger partial charge in [0.15, 0.2) is 0 Å². The molecule has 1 saturated heterocycles. The van der Waals surface area contributed by atoms with Gasteiger partial charge in [-0.05, 0) is 30.2 Å². The summed E-state index contributed by atoms with van der Waals surface area (Å²) in [6.07, 6.45) is 1.65. The molecular weight excluding hydrogens is 426 g/mol. The van der Waals surface area contributed by atoms with Gasteiger partial charge in [-0.2, -0.15) is 0 Å². The molecule has 1 aromatic heterocycles. The SMILES string of the molecule is CC(C)C(=O)N1C(C)CN(Cc2ccccc2)CC1C(=O)NCc1ccc(-c2ccco2)cc1. The third-order valence-electron chi connectivity index (χ3n) is 6.29. The van der Waals surface area contributed by atoms with Crippen LogP contribution in [0.3, 0.4) is 0 Å². The predicted molar refractivity (Wildman–Crippen MR) is 133 cm³/mol. The van der Waals surface area contributed by atoms with Gasteiger partial charge < -0.3 is 14.6 Å². The van der Waals surface area contributed by atoms with Gasteiger partial charge in [0.1, 0.15) is 11.8 Å². The Labute approximate surface area is 201 Å². The van der Waals surface area contributed by atoms with Crippen molar-refractivity contribution in [3.8, 4) is 11.3 Å². The molecule has 0 aliphatic carbocycles. The van der Waals surface area contributed by atoms with E-state index in [0.717, 1.165) is 30.0 Å². The molecule has 3 aromatic rings. The summed E-state index contributed by atoms with van der Waals surface area (Å²) in [6, 6.07) is 21.4. The molecule has 0 radical (unpaired) electrons. The highest BCUT2D eigenvalue weighted by Gasteiger charge is 2.39. The number of hydrogen-bond donors (Lipinski definition) is 1. The second kappa shape index (κ2) is 10.7. The summed E-state index contributed by atoms with van der Waals surface area (Å²) in [7, 11) is 0. The summed E-state index contributed by atoms with van der Waals surface area (Å²) in [5, 5.41) is 3.07. The molecule has 1 aliphatic rings. The maximum atomic E-state index is 13.4. The molecule has 2 aromatic carbocycles. The molecule has 6 heteroatoms. The number of rotatable bonds is 7. The number of amides is 2. The van der Waals surface area contributed by atoms with Gasteiger partial charge in [-0.1, -0.05) is 68.4 Å². The fourth-order valence-corrected chi connectivity index (χ4v) is 4.56. The molecule has 1 aliphatic heterocycles. The van der Waals surface area contributed by atoms with Gasteiger partial charge in [0.05, 0.1) is 6.26 Å². The Balaban J connectivity index is 1.45. The lowest BCUT2D eigenvalue weighted by molar-refractivity contribution is -0.150. The van der Waals surface area contributed by atoms with Crippen molar-refractivity contribution in [2.24, 2.45) is 5.92 Å². The largest absolute Gasteiger partial charge is 0.464 e. The number of piperazine rings is 1. The molecule has 0 bridgehead atoms. The van der Waals surface area contributed by atoms with Crippen molar-refractivity contribution < 1.29 is 14.0 Å². The van der Waals surface area contributed by atoms with E-state index in [9.17, 15) is 9.59 Å². The van der Waals surface area contributed by atoms with E-state index in [4.69, 9.17) is 4.42 Å². The van der Waals surface area contributed by atoms with E-state index in [0.29, 0.717) is 13.1 Å². The topological polar surface area (TPSA) is 65.8 Å². The van der Waals surface area contributed by atoms with Crippen LogP contribution in [0, 0.1) is 5.92 Å². The van der Waals surface area contributed by atoms with Crippen LogP contribution in [-0.4, -0.2) is 46.8 Å². The first-order valence-electron chi connectivity index (χ1n) is 11.9. The molecule has 2 atom stereocenters. The van der Waals surface area contributed by atoms with Gasteiger partial charge in [-0.15, -0.1) is 0 Å². The zero-order chi connectivity index (χ0) is 24.1. The van der Waals surface area contributed by atoms with Crippen LogP contribution in [0.4, 0.5) is 0 Å². The van der Waals surface area contributed by atoms with Gasteiger partial charge >= 0.3 is 0 Å². The summed E-state index contributed by atoms with van der Waals surface area (Å²) >= 11 is 0. The van der Waals surface area contributed by atoms with Gasteiger partial charge in [0.2, 0.25) is 11.8 Å². The van der Waals surface area contributed by atoms with Crippen molar-refractivity contribution in [1.29, 1.82) is 0 Å². The minimum atomic E-state index is -0.523. The quantitative estimate of drug-likeness (QED) is 0.572. The van der Waals surface area contributed by atoms with E-state index >= 15 is 0 Å². The van der Waals surface area contributed by atoms with Gasteiger partial charge in [0, 0.05) is 43.7 Å². The molecule has 1 N–H and O–H groups in total. The second-order valence-corrected chi connectivity index (χ2v) is 9.34. The van der Waals surface area contributed by atoms with Crippen LogP contribution in [0.25, 0.3) is 11.3 Å². The van der Waals surface area contributed by atoms with Gasteiger partial charge in [-0.25, -0.2) is 0 Å². The molecular formula is C28H33N3O3. The van der Waals surface area contributed by atoms with Crippen LogP contribution in [0.1, 0.15) is 31.9 Å². The number of carbonyl (C=O) groups excluding carboxylic acids is 2. The van der Waals surface area contributed by atoms with Crippen LogP contribution < -0.4 is 5.32 Å². The molecule has 34 heavy (non-hydrogen) atoms. The maximum Gasteiger partial charge on any atom is 0.244 e. The van der Waals surface area contributed by atoms with E-state index in [-0.39, 0.29) is 23.8 Å². The Morgan fingerprint density at radius 1 is 0.971 bits per heavy atom. The molecule has 2 heterocycles. The third kappa shape index (κ3) is 5.57. The van der Waals surface area contributed by atoms with E-state index in [2.05, 4.69) is 22.3 Å². The van der Waals surface area contributed by atoms with E-state index < -0.39 is 6.04 Å². The molecule has 0 saturated carbocycles. The first kappa shape index (κ1) is 23.8. The summed E-state index contributed by atoms with van der Waals surface area (Å²) in [4.78, 5) is 30.5. The lowest BCUT2D eigenvalue weighted by Crippen LogP contribution is -2.64. The fraction of sp³-hybridized carbons (Fsp3) is 0.357. The standard InChI is InChI=1S/C28H33N3O3/c1-20(2)28(33)31-21(3)17-30(18-23-8-5-4-6-9-23)19-25(31)27(32)29-16-22-11-13-24(14-12-22)26-10-7-15-34-26/h4-15,20-21,25H,16-19H2,1-3H3,(H,29,32). The lowest BCUT2D eigenvalue weighted by atomic mass is 10.0. The minimum Gasteiger partial charge on any atom is -0.464 e. The molecule has 6 nitrogen and oxygen atoms in total. The third-order valence-corrected chi connectivity index (χ3v) is 6.29. The molecule has 2 amide bonds. The summed E-state index contributed by atoms with van der Waals surface area (Å²) < 4.78 is 5.44. The highest BCUT2D eigenvalue weighted by atomic mass is 16.3. The highest BCUT2D eigenvalue weighted by Crippen LogP contribution is 2.22. The summed E-state index contributed by atoms with van der Waals surface area (Å²) in [6.45, 7) is 8.23. The number of nitrogens with zero attached hydrogens (tertiary/aromatic N) is 2. The molecule has 0 spiro atoms. The van der Waals surface area contributed by atoms with Crippen molar-refractivity contribution in [2.45, 2.75) is 45.9 Å². The zero-order valence-electron chi connectivity index (χ0n) is 20.1. The molecule has 178 valence electrons. The van der Waals surface area contributed by atoms with Crippen LogP contribution in [0.15, 0.2) is 77.4 Å². The van der Waals surface area contributed by atoms with Crippen molar-refractivity contribution in [1.82, 2.24) is 15.1 Å². The Kier molecular flexibility index (Phi) is 7.48. The summed E-state index contributed by atoms with van der Waals surface area (Å²) in [5.74, 6) is 0.559. The van der Waals surface area contributed by atoms with Crippen molar-refractivity contribution in [3.05, 3.63) is 84.1 Å². The molecule has 2 unspecified atom stereocenters. The lowest BCUT2D eigenvalue weighted by Gasteiger charge is -2.45. The first-order valence-corrected chi connectivity index (χ1v) is 11.9. The van der Waals surface area contributed by atoms with Gasteiger partial charge in [-0.3, -0.25) is 14.5 Å². The van der Waals surface area contributed by atoms with Crippen molar-refractivity contribution >= 4 is 11.8 Å². The number of hydrogen-bond acceptors (Lipinski definition) is 4. The minimum absolute atomic E-state index is 0.0230. The van der Waals surface area contributed by atoms with Crippen LogP contribution in [-0.2, 0) is 22.7 Å². The van der Waals surface area contributed by atoms with Gasteiger partial charge in [0.25, 0.3) is 0 Å². The van der Waals surface area contributed by atoms with E-state index in [1.165, 1.54) is 5.56 Å². The average Bonchev–Trinajstić information content (AvgIpc) is 3.38. The number of nitrogens with one attached hydrogen (secondary N) is 1. The molecule has 1 fully saturated rings. The van der Waals surface area contributed by atoms with Crippen molar-refractivity contribution in [2.75, 3.05) is 13.1 Å². The average molecular weight is 460 g/mol. The van der Waals surface area contributed by atoms with Crippen LogP contribution in [0.5, 0.6) is 0 Å². The zero-order valence-corrected chi connectivity index (χ0v) is 20.1. The van der Waals surface area contributed by atoms with Crippen LogP contribution in [0.2, 0.25) is 0 Å². The van der Waals surface area contributed by atoms with Crippen LogP contribution >= 0.6 is 0 Å². The second-order valence-electron chi connectivity index (χ2n) is 9.34. The normalized spacial score (nSPS) is 18.8. The monoisotopic (exact) mass is 459 g/mol. The Morgan fingerprint density at radius 3 is 2.35 bits per heavy atom. The first-order chi connectivity index (χ1) is 16.4. The Bertz CT molecular complexity index is 1080. The fourth-order valence-electron chi connectivity index (χ4n) is 4.56. The maximum absolute atomic E-state index is 13.4. The Morgan fingerprint density at radius 2 is 1.71 bits per heavy atom.